The molecule has 0 aliphatic heterocycles. The Labute approximate surface area is 112 Å². The summed E-state index contributed by atoms with van der Waals surface area (Å²) in [6.45, 7) is 1.38. The lowest BCUT2D eigenvalue weighted by atomic mass is 10.0. The van der Waals surface area contributed by atoms with Gasteiger partial charge in [-0.2, -0.15) is 0 Å². The zero-order valence-electron chi connectivity index (χ0n) is 10.5. The van der Waals surface area contributed by atoms with Crippen molar-refractivity contribution in [1.82, 2.24) is 0 Å². The van der Waals surface area contributed by atoms with Crippen molar-refractivity contribution < 1.29 is 22.4 Å². The Morgan fingerprint density at radius 2 is 1.65 bits per heavy atom. The second-order valence-corrected chi connectivity index (χ2v) is 4.41. The first-order valence-corrected chi connectivity index (χ1v) is 5.82. The Morgan fingerprint density at radius 1 is 0.950 bits per heavy atom. The maximum Gasteiger partial charge on any atom is 0.170 e. The van der Waals surface area contributed by atoms with E-state index in [2.05, 4.69) is 0 Å². The van der Waals surface area contributed by atoms with Gasteiger partial charge in [0.1, 0.15) is 0 Å². The summed E-state index contributed by atoms with van der Waals surface area (Å²) >= 11 is 0. The van der Waals surface area contributed by atoms with Gasteiger partial charge in [0, 0.05) is 6.42 Å². The van der Waals surface area contributed by atoms with Crippen LogP contribution in [0.4, 0.5) is 17.6 Å². The Balaban J connectivity index is 2.28. The maximum absolute atomic E-state index is 13.6. The monoisotopic (exact) mass is 282 g/mol. The van der Waals surface area contributed by atoms with Crippen LogP contribution >= 0.6 is 0 Å². The van der Waals surface area contributed by atoms with E-state index in [9.17, 15) is 22.4 Å². The molecule has 0 unspecified atom stereocenters. The predicted octanol–water partition coefficient (Wildman–Crippen LogP) is 3.98. The minimum Gasteiger partial charge on any atom is -0.294 e. The van der Waals surface area contributed by atoms with E-state index in [4.69, 9.17) is 0 Å². The lowest BCUT2D eigenvalue weighted by Gasteiger charge is -2.06. The molecule has 0 radical (unpaired) electrons. The fraction of sp³-hybridized carbons (Fsp3) is 0.133. The van der Waals surface area contributed by atoms with Gasteiger partial charge in [-0.1, -0.05) is 12.1 Å². The minimum atomic E-state index is -1.22. The van der Waals surface area contributed by atoms with Crippen LogP contribution in [-0.2, 0) is 6.42 Å². The van der Waals surface area contributed by atoms with Gasteiger partial charge >= 0.3 is 0 Å². The van der Waals surface area contributed by atoms with Crippen LogP contribution in [-0.4, -0.2) is 5.78 Å². The zero-order chi connectivity index (χ0) is 14.9. The molecule has 0 bridgehead atoms. The molecule has 0 saturated heterocycles. The molecule has 0 aliphatic rings. The van der Waals surface area contributed by atoms with E-state index in [1.807, 2.05) is 0 Å². The van der Waals surface area contributed by atoms with Gasteiger partial charge in [-0.3, -0.25) is 4.79 Å². The third-order valence-corrected chi connectivity index (χ3v) is 2.92. The number of carbonyl (C=O) groups excluding carboxylic acids is 1. The third-order valence-electron chi connectivity index (χ3n) is 2.92. The van der Waals surface area contributed by atoms with E-state index in [0.29, 0.717) is 0 Å². The van der Waals surface area contributed by atoms with Crippen molar-refractivity contribution in [3.05, 3.63) is 70.3 Å². The van der Waals surface area contributed by atoms with Gasteiger partial charge in [0.2, 0.25) is 0 Å². The molecule has 0 amide bonds. The van der Waals surface area contributed by atoms with Crippen molar-refractivity contribution in [2.24, 2.45) is 0 Å². The Hall–Kier alpha value is -2.17. The minimum absolute atomic E-state index is 0.0897. The van der Waals surface area contributed by atoms with E-state index < -0.39 is 34.6 Å². The first kappa shape index (κ1) is 14.2. The number of aryl methyl sites for hydroxylation is 1. The van der Waals surface area contributed by atoms with Gasteiger partial charge in [0.05, 0.1) is 5.56 Å². The molecule has 0 fully saturated rings. The number of rotatable bonds is 3. The highest BCUT2D eigenvalue weighted by molar-refractivity contribution is 5.97. The topological polar surface area (TPSA) is 17.1 Å². The zero-order valence-corrected chi connectivity index (χ0v) is 10.5. The molecule has 0 aromatic heterocycles. The van der Waals surface area contributed by atoms with Crippen LogP contribution in [0.3, 0.4) is 0 Å². The van der Waals surface area contributed by atoms with Crippen molar-refractivity contribution in [2.45, 2.75) is 13.3 Å². The van der Waals surface area contributed by atoms with Crippen molar-refractivity contribution in [2.75, 3.05) is 0 Å². The summed E-state index contributed by atoms with van der Waals surface area (Å²) in [5, 5.41) is 0. The number of Topliss-reactive ketones (excluding diaryl/α,β-unsaturated/α-hetero) is 1. The van der Waals surface area contributed by atoms with Gasteiger partial charge < -0.3 is 0 Å². The second kappa shape index (κ2) is 5.45. The first-order valence-electron chi connectivity index (χ1n) is 5.82. The van der Waals surface area contributed by atoms with Gasteiger partial charge in [0.25, 0.3) is 0 Å². The number of hydrogen-bond acceptors (Lipinski definition) is 1. The molecule has 0 saturated carbocycles. The molecule has 0 N–H and O–H groups in total. The highest BCUT2D eigenvalue weighted by Gasteiger charge is 2.17. The summed E-state index contributed by atoms with van der Waals surface area (Å²) in [7, 11) is 0. The van der Waals surface area contributed by atoms with E-state index in [1.165, 1.54) is 25.1 Å². The number of carbonyl (C=O) groups is 1. The van der Waals surface area contributed by atoms with E-state index >= 15 is 0 Å². The maximum atomic E-state index is 13.6. The molecular weight excluding hydrogens is 272 g/mol. The highest BCUT2D eigenvalue weighted by atomic mass is 19.2. The number of benzene rings is 2. The average Bonchev–Trinajstić information content (AvgIpc) is 2.40. The van der Waals surface area contributed by atoms with Crippen LogP contribution in [0, 0.1) is 30.2 Å². The van der Waals surface area contributed by atoms with Gasteiger partial charge in [0.15, 0.2) is 29.1 Å². The summed E-state index contributed by atoms with van der Waals surface area (Å²) in [6, 6.07) is 5.42. The summed E-state index contributed by atoms with van der Waals surface area (Å²) in [5.41, 5.74) is -0.126. The van der Waals surface area contributed by atoms with Crippen LogP contribution < -0.4 is 0 Å². The Bertz CT molecular complexity index is 680. The summed E-state index contributed by atoms with van der Waals surface area (Å²) in [6.07, 6.45) is -0.337. The quantitative estimate of drug-likeness (QED) is 0.615. The molecule has 2 aromatic carbocycles. The van der Waals surface area contributed by atoms with Crippen LogP contribution in [0.1, 0.15) is 21.5 Å². The summed E-state index contributed by atoms with van der Waals surface area (Å²) < 4.78 is 52.8. The predicted molar refractivity (Wildman–Crippen MR) is 65.5 cm³/mol. The van der Waals surface area contributed by atoms with E-state index in [1.54, 1.807) is 0 Å². The molecule has 20 heavy (non-hydrogen) atoms. The molecule has 2 rings (SSSR count). The normalized spacial score (nSPS) is 10.7. The molecule has 1 nitrogen and oxygen atoms in total. The summed E-state index contributed by atoms with van der Waals surface area (Å²) in [4.78, 5) is 11.9. The number of halogens is 4. The molecule has 0 spiro atoms. The van der Waals surface area contributed by atoms with Crippen LogP contribution in [0.5, 0.6) is 0 Å². The van der Waals surface area contributed by atoms with Crippen molar-refractivity contribution in [1.29, 1.82) is 0 Å². The summed E-state index contributed by atoms with van der Waals surface area (Å²) in [5.74, 6) is -5.13. The fourth-order valence-corrected chi connectivity index (χ4v) is 1.79. The van der Waals surface area contributed by atoms with Crippen LogP contribution in [0.15, 0.2) is 30.3 Å². The standard InChI is InChI=1S/C15H10F4O/c1-8-2-4-10(15(19)14(8)18)13(20)7-9-3-5-11(16)12(17)6-9/h2-6H,7H2,1H3. The van der Waals surface area contributed by atoms with Crippen molar-refractivity contribution in [3.63, 3.8) is 0 Å². The van der Waals surface area contributed by atoms with E-state index in [0.717, 1.165) is 12.1 Å². The third kappa shape index (κ3) is 2.71. The molecule has 5 heteroatoms. The number of ketones is 1. The van der Waals surface area contributed by atoms with Crippen LogP contribution in [0.2, 0.25) is 0 Å². The van der Waals surface area contributed by atoms with Gasteiger partial charge in [-0.15, -0.1) is 0 Å². The Morgan fingerprint density at radius 3 is 2.30 bits per heavy atom. The average molecular weight is 282 g/mol. The van der Waals surface area contributed by atoms with Crippen molar-refractivity contribution in [3.8, 4) is 0 Å². The lowest BCUT2D eigenvalue weighted by molar-refractivity contribution is 0.0988. The molecule has 0 heterocycles. The molecule has 0 aliphatic carbocycles. The second-order valence-electron chi connectivity index (χ2n) is 4.41. The van der Waals surface area contributed by atoms with Gasteiger partial charge in [-0.05, 0) is 36.2 Å². The SMILES string of the molecule is Cc1ccc(C(=O)Cc2ccc(F)c(F)c2)c(F)c1F. The molecule has 0 atom stereocenters. The fourth-order valence-electron chi connectivity index (χ4n) is 1.79. The van der Waals surface area contributed by atoms with E-state index in [-0.39, 0.29) is 17.5 Å². The first-order chi connectivity index (χ1) is 9.40. The van der Waals surface area contributed by atoms with Crippen molar-refractivity contribution >= 4 is 5.78 Å². The largest absolute Gasteiger partial charge is 0.294 e. The number of hydrogen-bond donors (Lipinski definition) is 0. The Kier molecular flexibility index (Phi) is 3.88. The van der Waals surface area contributed by atoms with Crippen LogP contribution in [0.25, 0.3) is 0 Å². The highest BCUT2D eigenvalue weighted by Crippen LogP contribution is 2.18. The smallest absolute Gasteiger partial charge is 0.170 e. The molecular formula is C15H10F4O. The molecule has 104 valence electrons. The molecule has 2 aromatic rings. The van der Waals surface area contributed by atoms with Gasteiger partial charge in [-0.25, -0.2) is 17.6 Å². The lowest BCUT2D eigenvalue weighted by Crippen LogP contribution is -2.08.